The lowest BCUT2D eigenvalue weighted by Crippen LogP contribution is -2.11. The van der Waals surface area contributed by atoms with Crippen molar-refractivity contribution >= 4 is 28.0 Å². The molecule has 44 heavy (non-hydrogen) atoms. The fourth-order valence-electron chi connectivity index (χ4n) is 7.20. The minimum Gasteiger partial charge on any atom is -0.316 e. The van der Waals surface area contributed by atoms with Gasteiger partial charge in [0.2, 0.25) is 0 Å². The highest BCUT2D eigenvalue weighted by molar-refractivity contribution is 6.11. The second-order valence-electron chi connectivity index (χ2n) is 11.5. The fraction of sp³-hybridized carbons (Fsp3) is 0.0952. The summed E-state index contributed by atoms with van der Waals surface area (Å²) < 4.78 is 2.40. The van der Waals surface area contributed by atoms with Crippen LogP contribution in [0.1, 0.15) is 25.0 Å². The highest BCUT2D eigenvalue weighted by atomic mass is 15.2. The number of para-hydroxylation sites is 2. The third-order valence-corrected chi connectivity index (χ3v) is 9.19. The summed E-state index contributed by atoms with van der Waals surface area (Å²) in [5, 5.41) is 1.24. The minimum absolute atomic E-state index is 0.949. The van der Waals surface area contributed by atoms with E-state index in [4.69, 9.17) is 0 Å². The van der Waals surface area contributed by atoms with E-state index in [1.165, 1.54) is 72.5 Å². The van der Waals surface area contributed by atoms with Gasteiger partial charge in [-0.25, -0.2) is 0 Å². The molecular weight excluding hydrogens is 532 g/mol. The molecule has 0 spiro atoms. The maximum Gasteiger partial charge on any atom is 0.0634 e. The summed E-state index contributed by atoms with van der Waals surface area (Å²) >= 11 is 0. The predicted octanol–water partition coefficient (Wildman–Crippen LogP) is 11.5. The SMILES string of the molecule is CCc1ccccc1-c1cccc(-n2ccc3c4c(ccc32)-c2ccccc2-c2ccccc2N4c2ccccc2)c1CC. The Balaban J connectivity index is 1.42. The van der Waals surface area contributed by atoms with Crippen LogP contribution in [0.4, 0.5) is 17.1 Å². The van der Waals surface area contributed by atoms with Crippen LogP contribution in [0.2, 0.25) is 0 Å². The number of anilines is 3. The lowest BCUT2D eigenvalue weighted by Gasteiger charge is -2.28. The zero-order valence-corrected chi connectivity index (χ0v) is 25.2. The van der Waals surface area contributed by atoms with Gasteiger partial charge in [-0.2, -0.15) is 0 Å². The summed E-state index contributed by atoms with van der Waals surface area (Å²) in [6.07, 6.45) is 4.23. The van der Waals surface area contributed by atoms with Crippen LogP contribution >= 0.6 is 0 Å². The molecule has 1 aromatic heterocycles. The van der Waals surface area contributed by atoms with Crippen LogP contribution in [0.15, 0.2) is 146 Å². The second kappa shape index (κ2) is 10.7. The van der Waals surface area contributed by atoms with Crippen molar-refractivity contribution in [2.45, 2.75) is 26.7 Å². The van der Waals surface area contributed by atoms with Crippen LogP contribution < -0.4 is 4.90 Å². The third kappa shape index (κ3) is 4.02. The van der Waals surface area contributed by atoms with Crippen molar-refractivity contribution in [2.24, 2.45) is 0 Å². The Bertz CT molecular complexity index is 2150. The first-order chi connectivity index (χ1) is 21.8. The van der Waals surface area contributed by atoms with E-state index in [9.17, 15) is 0 Å². The molecular formula is C42H34N2. The third-order valence-electron chi connectivity index (χ3n) is 9.19. The van der Waals surface area contributed by atoms with Crippen LogP contribution in [0, 0.1) is 0 Å². The number of aromatic nitrogens is 1. The van der Waals surface area contributed by atoms with Gasteiger partial charge >= 0.3 is 0 Å². The number of aryl methyl sites for hydroxylation is 1. The minimum atomic E-state index is 0.949. The van der Waals surface area contributed by atoms with Crippen molar-refractivity contribution in [1.29, 1.82) is 0 Å². The van der Waals surface area contributed by atoms with Gasteiger partial charge in [0.05, 0.1) is 16.9 Å². The van der Waals surface area contributed by atoms with E-state index in [-0.39, 0.29) is 0 Å². The number of rotatable bonds is 5. The highest BCUT2D eigenvalue weighted by Gasteiger charge is 2.28. The van der Waals surface area contributed by atoms with E-state index in [1.807, 2.05) is 0 Å². The Morgan fingerprint density at radius 2 is 1.09 bits per heavy atom. The molecule has 2 heteroatoms. The van der Waals surface area contributed by atoms with Crippen LogP contribution in [0.3, 0.4) is 0 Å². The standard InChI is InChI=1S/C42H34N2/c1-3-29-15-8-9-18-32(29)33-22-14-24-39(31(33)4-2)43-28-27-38-40(43)26-25-37-35-20-11-10-19-34(35)36-21-12-13-23-41(36)44(42(37)38)30-16-6-5-7-17-30/h5-28H,3-4H2,1-2H3. The normalized spacial score (nSPS) is 12.0. The summed E-state index contributed by atoms with van der Waals surface area (Å²) in [5.74, 6) is 0. The number of hydrogen-bond acceptors (Lipinski definition) is 1. The number of benzene rings is 6. The molecule has 8 rings (SSSR count). The van der Waals surface area contributed by atoms with E-state index >= 15 is 0 Å². The Kier molecular flexibility index (Phi) is 6.42. The molecule has 6 aromatic carbocycles. The first-order valence-corrected chi connectivity index (χ1v) is 15.7. The average molecular weight is 567 g/mol. The smallest absolute Gasteiger partial charge is 0.0634 e. The zero-order chi connectivity index (χ0) is 29.6. The molecule has 2 nitrogen and oxygen atoms in total. The molecule has 0 amide bonds. The van der Waals surface area contributed by atoms with Crippen LogP contribution in [0.5, 0.6) is 0 Å². The van der Waals surface area contributed by atoms with E-state index in [2.05, 4.69) is 169 Å². The second-order valence-corrected chi connectivity index (χ2v) is 11.5. The van der Waals surface area contributed by atoms with Gasteiger partial charge in [0.1, 0.15) is 0 Å². The monoisotopic (exact) mass is 566 g/mol. The molecule has 0 saturated heterocycles. The van der Waals surface area contributed by atoms with Crippen LogP contribution in [0.25, 0.3) is 50.0 Å². The average Bonchev–Trinajstić information content (AvgIpc) is 3.48. The quantitative estimate of drug-likeness (QED) is 0.201. The number of nitrogens with zero attached hydrogens (tertiary/aromatic N) is 2. The molecule has 0 radical (unpaired) electrons. The maximum absolute atomic E-state index is 2.46. The molecule has 0 N–H and O–H groups in total. The molecule has 0 aliphatic carbocycles. The molecule has 7 aromatic rings. The summed E-state index contributed by atoms with van der Waals surface area (Å²) in [6, 6.07) is 51.0. The molecule has 0 fully saturated rings. The van der Waals surface area contributed by atoms with E-state index < -0.39 is 0 Å². The highest BCUT2D eigenvalue weighted by Crippen LogP contribution is 2.53. The Morgan fingerprint density at radius 1 is 0.455 bits per heavy atom. The summed E-state index contributed by atoms with van der Waals surface area (Å²) in [4.78, 5) is 2.46. The summed E-state index contributed by atoms with van der Waals surface area (Å²) in [5.41, 5.74) is 16.4. The van der Waals surface area contributed by atoms with Gasteiger partial charge in [0.15, 0.2) is 0 Å². The predicted molar refractivity (Wildman–Crippen MR) is 187 cm³/mol. The topological polar surface area (TPSA) is 8.17 Å². The van der Waals surface area contributed by atoms with Gasteiger partial charge in [-0.3, -0.25) is 0 Å². The van der Waals surface area contributed by atoms with Crippen LogP contribution in [-0.2, 0) is 12.8 Å². The van der Waals surface area contributed by atoms with E-state index in [0.29, 0.717) is 0 Å². The van der Waals surface area contributed by atoms with Crippen molar-refractivity contribution in [3.05, 3.63) is 157 Å². The lowest BCUT2D eigenvalue weighted by atomic mass is 9.92. The number of hydrogen-bond donors (Lipinski definition) is 0. The van der Waals surface area contributed by atoms with Crippen molar-refractivity contribution < 1.29 is 0 Å². The van der Waals surface area contributed by atoms with E-state index in [1.54, 1.807) is 0 Å². The van der Waals surface area contributed by atoms with Gasteiger partial charge < -0.3 is 9.47 Å². The van der Waals surface area contributed by atoms with Crippen molar-refractivity contribution in [1.82, 2.24) is 4.57 Å². The molecule has 212 valence electrons. The maximum atomic E-state index is 2.46. The van der Waals surface area contributed by atoms with Gasteiger partial charge in [0.25, 0.3) is 0 Å². The molecule has 1 aliphatic rings. The first kappa shape index (κ1) is 26.3. The Labute approximate surface area is 259 Å². The zero-order valence-electron chi connectivity index (χ0n) is 25.2. The molecule has 0 saturated carbocycles. The van der Waals surface area contributed by atoms with Crippen molar-refractivity contribution in [3.63, 3.8) is 0 Å². The van der Waals surface area contributed by atoms with E-state index in [0.717, 1.165) is 18.5 Å². The van der Waals surface area contributed by atoms with Gasteiger partial charge in [-0.05, 0) is 82.6 Å². The van der Waals surface area contributed by atoms with Gasteiger partial charge in [-0.15, -0.1) is 0 Å². The molecule has 0 atom stereocenters. The Hall–Kier alpha value is -5.34. The van der Waals surface area contributed by atoms with Crippen molar-refractivity contribution in [3.8, 4) is 39.1 Å². The number of fused-ring (bicyclic) bond motifs is 7. The van der Waals surface area contributed by atoms with Gasteiger partial charge in [-0.1, -0.05) is 117 Å². The molecule has 0 unspecified atom stereocenters. The lowest BCUT2D eigenvalue weighted by molar-refractivity contribution is 1.04. The van der Waals surface area contributed by atoms with Gasteiger partial charge in [0, 0.05) is 34.1 Å². The summed E-state index contributed by atoms with van der Waals surface area (Å²) in [7, 11) is 0. The fourth-order valence-corrected chi connectivity index (χ4v) is 7.20. The van der Waals surface area contributed by atoms with Crippen molar-refractivity contribution in [2.75, 3.05) is 4.90 Å². The Morgan fingerprint density at radius 3 is 1.86 bits per heavy atom. The molecule has 0 bridgehead atoms. The molecule has 1 aliphatic heterocycles. The van der Waals surface area contributed by atoms with Crippen LogP contribution in [-0.4, -0.2) is 4.57 Å². The first-order valence-electron chi connectivity index (χ1n) is 15.7. The summed E-state index contributed by atoms with van der Waals surface area (Å²) in [6.45, 7) is 4.52. The molecule has 2 heterocycles. The largest absolute Gasteiger partial charge is 0.316 e.